The van der Waals surface area contributed by atoms with Crippen LogP contribution in [0, 0.1) is 6.92 Å². The first-order chi connectivity index (χ1) is 19.4. The summed E-state index contributed by atoms with van der Waals surface area (Å²) in [5.74, 6) is 0.610. The van der Waals surface area contributed by atoms with E-state index in [4.69, 9.17) is 0 Å². The average molecular weight is 564 g/mol. The lowest BCUT2D eigenvalue weighted by Crippen LogP contribution is -2.24. The van der Waals surface area contributed by atoms with E-state index in [1.807, 2.05) is 19.1 Å². The van der Waals surface area contributed by atoms with Crippen LogP contribution in [-0.4, -0.2) is 28.3 Å². The Morgan fingerprint density at radius 2 is 2.08 bits per heavy atom. The quantitative estimate of drug-likeness (QED) is 0.192. The number of amides is 2. The number of rotatable bonds is 14. The third kappa shape index (κ3) is 7.63. The molecule has 0 bridgehead atoms. The molecule has 1 atom stereocenters. The number of aromatic nitrogens is 2. The van der Waals surface area contributed by atoms with Crippen molar-refractivity contribution in [1.29, 1.82) is 0 Å². The van der Waals surface area contributed by atoms with Crippen molar-refractivity contribution in [3.63, 3.8) is 0 Å². The van der Waals surface area contributed by atoms with Crippen LogP contribution in [0.25, 0.3) is 5.70 Å². The molecule has 9 nitrogen and oxygen atoms in total. The molecule has 0 radical (unpaired) electrons. The number of nitrogens with zero attached hydrogens (tertiary/aromatic N) is 2. The SMILES string of the molecule is C/C=C(/NP=O)c1c(C)c(CC(=O)NC2=CC(CCC)=C(CC(C)c3cccnc3NC=O)CCC2)cn1C=O. The molecule has 2 heterocycles. The molecule has 0 fully saturated rings. The number of pyridine rings is 1. The predicted molar refractivity (Wildman–Crippen MR) is 158 cm³/mol. The molecule has 1 aliphatic carbocycles. The Morgan fingerprint density at radius 3 is 2.75 bits per heavy atom. The highest BCUT2D eigenvalue weighted by Gasteiger charge is 2.20. The lowest BCUT2D eigenvalue weighted by Gasteiger charge is -2.18. The Hall–Kier alpha value is -3.84. The van der Waals surface area contributed by atoms with Gasteiger partial charge in [0.15, 0.2) is 0 Å². The van der Waals surface area contributed by atoms with Crippen LogP contribution in [0.15, 0.2) is 53.5 Å². The van der Waals surface area contributed by atoms with Crippen LogP contribution in [0.5, 0.6) is 0 Å². The minimum Gasteiger partial charge on any atom is -0.329 e. The third-order valence-electron chi connectivity index (χ3n) is 7.23. The van der Waals surface area contributed by atoms with Crippen molar-refractivity contribution < 1.29 is 18.9 Å². The van der Waals surface area contributed by atoms with Crippen LogP contribution < -0.4 is 15.7 Å². The number of nitrogens with one attached hydrogen (secondary N) is 3. The molecule has 2 aromatic heterocycles. The highest BCUT2D eigenvalue weighted by molar-refractivity contribution is 7.21. The van der Waals surface area contributed by atoms with Crippen molar-refractivity contribution in [3.05, 3.63) is 75.9 Å². The second-order valence-electron chi connectivity index (χ2n) is 9.98. The van der Waals surface area contributed by atoms with Crippen molar-refractivity contribution >= 4 is 38.9 Å². The topological polar surface area (TPSA) is 122 Å². The summed E-state index contributed by atoms with van der Waals surface area (Å²) in [6, 6.07) is 3.89. The average Bonchev–Trinajstić information content (AvgIpc) is 3.12. The predicted octanol–water partition coefficient (Wildman–Crippen LogP) is 5.97. The van der Waals surface area contributed by atoms with Crippen molar-refractivity contribution in [1.82, 2.24) is 20.0 Å². The molecule has 0 aromatic carbocycles. The molecule has 10 heteroatoms. The molecule has 0 saturated heterocycles. The lowest BCUT2D eigenvalue weighted by atomic mass is 9.88. The van der Waals surface area contributed by atoms with E-state index in [9.17, 15) is 18.9 Å². The normalized spacial score (nSPS) is 14.8. The van der Waals surface area contributed by atoms with Crippen LogP contribution in [0.3, 0.4) is 0 Å². The number of hydrogen-bond acceptors (Lipinski definition) is 5. The minimum absolute atomic E-state index is 0.118. The summed E-state index contributed by atoms with van der Waals surface area (Å²) < 4.78 is 12.5. The van der Waals surface area contributed by atoms with Gasteiger partial charge in [0.05, 0.1) is 17.8 Å². The molecule has 0 spiro atoms. The summed E-state index contributed by atoms with van der Waals surface area (Å²) >= 11 is 0. The molecule has 1 aliphatic rings. The molecule has 3 rings (SSSR count). The lowest BCUT2D eigenvalue weighted by molar-refractivity contribution is -0.119. The van der Waals surface area contributed by atoms with E-state index in [0.29, 0.717) is 30.0 Å². The molecular weight excluding hydrogens is 525 g/mol. The van der Waals surface area contributed by atoms with Gasteiger partial charge in [0.2, 0.25) is 18.7 Å². The van der Waals surface area contributed by atoms with E-state index >= 15 is 0 Å². The van der Waals surface area contributed by atoms with E-state index in [1.54, 1.807) is 25.4 Å². The van der Waals surface area contributed by atoms with Gasteiger partial charge in [-0.2, -0.15) is 0 Å². The van der Waals surface area contributed by atoms with Crippen molar-refractivity contribution in [2.45, 2.75) is 78.6 Å². The zero-order valence-electron chi connectivity index (χ0n) is 23.6. The van der Waals surface area contributed by atoms with E-state index in [-0.39, 0.29) is 26.9 Å². The monoisotopic (exact) mass is 563 g/mol. The van der Waals surface area contributed by atoms with Gasteiger partial charge in [0.25, 0.3) is 8.61 Å². The maximum absolute atomic E-state index is 13.1. The first-order valence-electron chi connectivity index (χ1n) is 13.6. The van der Waals surface area contributed by atoms with Gasteiger partial charge < -0.3 is 15.7 Å². The summed E-state index contributed by atoms with van der Waals surface area (Å²) in [7, 11) is -0.274. The second kappa shape index (κ2) is 15.1. The maximum Gasteiger partial charge on any atom is 0.279 e. The Labute approximate surface area is 237 Å². The summed E-state index contributed by atoms with van der Waals surface area (Å²) in [4.78, 5) is 40.2. The smallest absolute Gasteiger partial charge is 0.279 e. The zero-order chi connectivity index (χ0) is 29.1. The van der Waals surface area contributed by atoms with Gasteiger partial charge in [-0.15, -0.1) is 0 Å². The van der Waals surface area contributed by atoms with Gasteiger partial charge in [-0.3, -0.25) is 19.0 Å². The molecule has 1 unspecified atom stereocenters. The van der Waals surface area contributed by atoms with Gasteiger partial charge in [-0.1, -0.05) is 38.0 Å². The van der Waals surface area contributed by atoms with Crippen molar-refractivity contribution in [2.75, 3.05) is 5.32 Å². The van der Waals surface area contributed by atoms with E-state index in [2.05, 4.69) is 40.6 Å². The van der Waals surface area contributed by atoms with Gasteiger partial charge in [0, 0.05) is 18.1 Å². The second-order valence-corrected chi connectivity index (χ2v) is 10.4. The Kier molecular flexibility index (Phi) is 11.6. The Morgan fingerprint density at radius 1 is 1.27 bits per heavy atom. The van der Waals surface area contributed by atoms with Gasteiger partial charge in [0.1, 0.15) is 5.82 Å². The first-order valence-corrected chi connectivity index (χ1v) is 14.4. The summed E-state index contributed by atoms with van der Waals surface area (Å²) in [5.41, 5.74) is 7.17. The Bertz CT molecular complexity index is 1340. The number of carbonyl (C=O) groups is 3. The molecule has 212 valence electrons. The standard InChI is InChI=1S/C30H38N5O4P/c1-5-9-22-15-25(11-7-10-23(22)14-20(3)26-12-8-13-31-30(26)32-18-36)33-28(38)16-24-17-35(19-37)29(21(24)4)27(6-2)34-40-39/h6,8,12-13,15,17-20H,5,7,9-11,14,16H2,1-4H3,(H,33,38)(H,34,39)(H,31,32,36)/b27-6+. The number of allylic oxidation sites excluding steroid dienone is 5. The van der Waals surface area contributed by atoms with Crippen LogP contribution in [0.4, 0.5) is 5.82 Å². The largest absolute Gasteiger partial charge is 0.329 e. The van der Waals surface area contributed by atoms with Gasteiger partial charge >= 0.3 is 0 Å². The molecule has 3 N–H and O–H groups in total. The van der Waals surface area contributed by atoms with Crippen LogP contribution in [0.1, 0.15) is 87.6 Å². The van der Waals surface area contributed by atoms with E-state index < -0.39 is 0 Å². The fraction of sp³-hybridized carbons (Fsp3) is 0.400. The fourth-order valence-electron chi connectivity index (χ4n) is 5.34. The molecule has 2 amide bonds. The minimum atomic E-state index is -0.274. The van der Waals surface area contributed by atoms with E-state index in [1.165, 1.54) is 15.7 Å². The first kappa shape index (κ1) is 30.7. The highest BCUT2D eigenvalue weighted by atomic mass is 31.1. The number of anilines is 1. The molecule has 2 aromatic rings. The molecule has 0 saturated carbocycles. The van der Waals surface area contributed by atoms with Crippen LogP contribution >= 0.6 is 8.61 Å². The number of carbonyl (C=O) groups excluding carboxylic acids is 3. The van der Waals surface area contributed by atoms with Crippen molar-refractivity contribution in [3.8, 4) is 0 Å². The summed E-state index contributed by atoms with van der Waals surface area (Å²) in [6.07, 6.45) is 14.0. The zero-order valence-corrected chi connectivity index (χ0v) is 24.5. The van der Waals surface area contributed by atoms with E-state index in [0.717, 1.165) is 60.9 Å². The van der Waals surface area contributed by atoms with Gasteiger partial charge in [-0.25, -0.2) is 9.55 Å². The maximum atomic E-state index is 13.1. The fourth-order valence-corrected chi connectivity index (χ4v) is 5.67. The van der Waals surface area contributed by atoms with Crippen LogP contribution in [-0.2, 0) is 25.4 Å². The Balaban J connectivity index is 1.80. The van der Waals surface area contributed by atoms with Gasteiger partial charge in [-0.05, 0) is 86.3 Å². The molecule has 40 heavy (non-hydrogen) atoms. The highest BCUT2D eigenvalue weighted by Crippen LogP contribution is 2.34. The number of hydrogen-bond donors (Lipinski definition) is 3. The molecule has 0 aliphatic heterocycles. The van der Waals surface area contributed by atoms with Crippen molar-refractivity contribution in [2.24, 2.45) is 0 Å². The van der Waals surface area contributed by atoms with Crippen LogP contribution in [0.2, 0.25) is 0 Å². The third-order valence-corrected chi connectivity index (χ3v) is 7.56. The summed E-state index contributed by atoms with van der Waals surface area (Å²) in [5, 5.41) is 8.55. The summed E-state index contributed by atoms with van der Waals surface area (Å²) in [6.45, 7) is 7.93. The molecular formula is C30H38N5O4P.